The highest BCUT2D eigenvalue weighted by Crippen LogP contribution is 2.37. The SMILES string of the molecule is CCCOc1ccc(C2C(=O)N(C3CCC(C)CC3)CC(=O)N2CCC)cc1OC. The molecule has 1 saturated carbocycles. The van der Waals surface area contributed by atoms with Gasteiger partial charge >= 0.3 is 0 Å². The lowest BCUT2D eigenvalue weighted by atomic mass is 9.85. The fourth-order valence-corrected chi connectivity index (χ4v) is 4.61. The highest BCUT2D eigenvalue weighted by Gasteiger charge is 2.43. The number of hydrogen-bond donors (Lipinski definition) is 0. The highest BCUT2D eigenvalue weighted by atomic mass is 16.5. The minimum absolute atomic E-state index is 0.0327. The Labute approximate surface area is 180 Å². The second-order valence-electron chi connectivity index (χ2n) is 8.63. The van der Waals surface area contributed by atoms with Gasteiger partial charge in [0, 0.05) is 12.6 Å². The number of benzene rings is 1. The summed E-state index contributed by atoms with van der Waals surface area (Å²) in [5.74, 6) is 2.03. The Hall–Kier alpha value is -2.24. The van der Waals surface area contributed by atoms with Crippen molar-refractivity contribution in [1.29, 1.82) is 0 Å². The van der Waals surface area contributed by atoms with Crippen molar-refractivity contribution < 1.29 is 19.1 Å². The van der Waals surface area contributed by atoms with Gasteiger partial charge in [-0.1, -0.05) is 26.8 Å². The van der Waals surface area contributed by atoms with Crippen LogP contribution >= 0.6 is 0 Å². The number of rotatable bonds is 8. The average molecular weight is 417 g/mol. The summed E-state index contributed by atoms with van der Waals surface area (Å²) in [7, 11) is 1.60. The van der Waals surface area contributed by atoms with Crippen LogP contribution in [0.15, 0.2) is 18.2 Å². The van der Waals surface area contributed by atoms with Crippen LogP contribution in [0.2, 0.25) is 0 Å². The predicted octanol–water partition coefficient (Wildman–Crippen LogP) is 4.18. The van der Waals surface area contributed by atoms with E-state index in [0.29, 0.717) is 30.6 Å². The Kier molecular flexibility index (Phi) is 7.62. The lowest BCUT2D eigenvalue weighted by Crippen LogP contribution is -2.58. The van der Waals surface area contributed by atoms with E-state index in [2.05, 4.69) is 13.8 Å². The van der Waals surface area contributed by atoms with Crippen LogP contribution in [-0.4, -0.2) is 54.5 Å². The second-order valence-corrected chi connectivity index (χ2v) is 8.63. The minimum atomic E-state index is -0.598. The van der Waals surface area contributed by atoms with Crippen LogP contribution in [0.25, 0.3) is 0 Å². The molecule has 2 fully saturated rings. The molecule has 1 aromatic rings. The van der Waals surface area contributed by atoms with Crippen molar-refractivity contribution in [3.05, 3.63) is 23.8 Å². The smallest absolute Gasteiger partial charge is 0.250 e. The van der Waals surface area contributed by atoms with Crippen LogP contribution in [0, 0.1) is 5.92 Å². The highest BCUT2D eigenvalue weighted by molar-refractivity contribution is 5.96. The largest absolute Gasteiger partial charge is 0.493 e. The van der Waals surface area contributed by atoms with Gasteiger partial charge in [-0.25, -0.2) is 0 Å². The molecule has 1 aliphatic carbocycles. The Balaban J connectivity index is 1.91. The number of carbonyl (C=O) groups is 2. The minimum Gasteiger partial charge on any atom is -0.493 e. The summed E-state index contributed by atoms with van der Waals surface area (Å²) in [6.07, 6.45) is 5.90. The molecule has 0 radical (unpaired) electrons. The van der Waals surface area contributed by atoms with Crippen molar-refractivity contribution in [1.82, 2.24) is 9.80 Å². The van der Waals surface area contributed by atoms with E-state index in [1.807, 2.05) is 30.0 Å². The molecule has 1 unspecified atom stereocenters. The summed E-state index contributed by atoms with van der Waals surface area (Å²) < 4.78 is 11.3. The number of piperazine rings is 1. The van der Waals surface area contributed by atoms with Crippen LogP contribution in [0.3, 0.4) is 0 Å². The third-order valence-corrected chi connectivity index (χ3v) is 6.31. The molecule has 0 N–H and O–H groups in total. The third-order valence-electron chi connectivity index (χ3n) is 6.31. The summed E-state index contributed by atoms with van der Waals surface area (Å²) in [6.45, 7) is 7.72. The number of hydrogen-bond acceptors (Lipinski definition) is 4. The maximum Gasteiger partial charge on any atom is 0.250 e. The Morgan fingerprint density at radius 3 is 2.40 bits per heavy atom. The molecule has 0 aromatic heterocycles. The summed E-state index contributed by atoms with van der Waals surface area (Å²) in [6, 6.07) is 5.18. The van der Waals surface area contributed by atoms with Gasteiger partial charge in [0.1, 0.15) is 12.6 Å². The van der Waals surface area contributed by atoms with Crippen LogP contribution in [0.4, 0.5) is 0 Å². The fraction of sp³-hybridized carbons (Fsp3) is 0.667. The quantitative estimate of drug-likeness (QED) is 0.638. The molecule has 30 heavy (non-hydrogen) atoms. The molecule has 6 nitrogen and oxygen atoms in total. The van der Waals surface area contributed by atoms with Crippen molar-refractivity contribution in [2.24, 2.45) is 5.92 Å². The molecule has 166 valence electrons. The molecule has 2 amide bonds. The first-order chi connectivity index (χ1) is 14.5. The normalized spacial score (nSPS) is 24.9. The van der Waals surface area contributed by atoms with E-state index in [0.717, 1.165) is 44.1 Å². The van der Waals surface area contributed by atoms with E-state index in [-0.39, 0.29) is 24.4 Å². The molecular formula is C24H36N2O4. The number of amides is 2. The summed E-state index contributed by atoms with van der Waals surface area (Å²) in [5.41, 5.74) is 0.788. The number of methoxy groups -OCH3 is 1. The van der Waals surface area contributed by atoms with Crippen LogP contribution < -0.4 is 9.47 Å². The van der Waals surface area contributed by atoms with Crippen molar-refractivity contribution in [3.8, 4) is 11.5 Å². The van der Waals surface area contributed by atoms with Crippen LogP contribution in [0.1, 0.15) is 70.9 Å². The maximum absolute atomic E-state index is 13.7. The molecule has 2 aliphatic rings. The Bertz CT molecular complexity index is 743. The first-order valence-corrected chi connectivity index (χ1v) is 11.4. The molecular weight excluding hydrogens is 380 g/mol. The molecule has 0 bridgehead atoms. The van der Waals surface area contributed by atoms with E-state index in [1.165, 1.54) is 0 Å². The van der Waals surface area contributed by atoms with Gasteiger partial charge in [0.05, 0.1) is 13.7 Å². The van der Waals surface area contributed by atoms with E-state index in [9.17, 15) is 9.59 Å². The average Bonchev–Trinajstić information content (AvgIpc) is 2.75. The van der Waals surface area contributed by atoms with Gasteiger partial charge in [-0.05, 0) is 62.1 Å². The Morgan fingerprint density at radius 2 is 1.77 bits per heavy atom. The first kappa shape index (κ1) is 22.4. The standard InChI is InChI=1S/C24H36N2O4/c1-5-13-25-22(27)16-26(19-10-7-17(3)8-11-19)24(28)23(25)18-9-12-20(30-14-6-2)21(15-18)29-4/h9,12,15,17,19,23H,5-8,10-11,13-14,16H2,1-4H3. The van der Waals surface area contributed by atoms with Gasteiger partial charge in [-0.15, -0.1) is 0 Å². The van der Waals surface area contributed by atoms with Crippen molar-refractivity contribution in [2.45, 2.75) is 71.4 Å². The molecule has 1 heterocycles. The number of nitrogens with zero attached hydrogens (tertiary/aromatic N) is 2. The van der Waals surface area contributed by atoms with E-state index < -0.39 is 6.04 Å². The Morgan fingerprint density at radius 1 is 1.03 bits per heavy atom. The van der Waals surface area contributed by atoms with Crippen molar-refractivity contribution in [3.63, 3.8) is 0 Å². The first-order valence-electron chi connectivity index (χ1n) is 11.4. The zero-order valence-electron chi connectivity index (χ0n) is 18.9. The van der Waals surface area contributed by atoms with Crippen molar-refractivity contribution in [2.75, 3.05) is 26.8 Å². The summed E-state index contributed by atoms with van der Waals surface area (Å²) >= 11 is 0. The predicted molar refractivity (Wildman–Crippen MR) is 117 cm³/mol. The lowest BCUT2D eigenvalue weighted by molar-refractivity contribution is -0.159. The van der Waals surface area contributed by atoms with E-state index in [4.69, 9.17) is 9.47 Å². The monoisotopic (exact) mass is 416 g/mol. The zero-order valence-corrected chi connectivity index (χ0v) is 18.9. The topological polar surface area (TPSA) is 59.1 Å². The number of carbonyl (C=O) groups excluding carboxylic acids is 2. The van der Waals surface area contributed by atoms with Crippen molar-refractivity contribution >= 4 is 11.8 Å². The molecule has 1 aliphatic heterocycles. The van der Waals surface area contributed by atoms with Crippen LogP contribution in [-0.2, 0) is 9.59 Å². The molecule has 0 spiro atoms. The molecule has 3 rings (SSSR count). The van der Waals surface area contributed by atoms with Crippen LogP contribution in [0.5, 0.6) is 11.5 Å². The molecule has 1 saturated heterocycles. The van der Waals surface area contributed by atoms with E-state index >= 15 is 0 Å². The summed E-state index contributed by atoms with van der Waals surface area (Å²) in [4.78, 5) is 30.3. The summed E-state index contributed by atoms with van der Waals surface area (Å²) in [5, 5.41) is 0. The molecule has 1 atom stereocenters. The van der Waals surface area contributed by atoms with Gasteiger partial charge in [0.2, 0.25) is 5.91 Å². The van der Waals surface area contributed by atoms with Gasteiger partial charge in [-0.2, -0.15) is 0 Å². The van der Waals surface area contributed by atoms with Gasteiger partial charge in [0.25, 0.3) is 5.91 Å². The van der Waals surface area contributed by atoms with Gasteiger partial charge in [0.15, 0.2) is 11.5 Å². The van der Waals surface area contributed by atoms with E-state index in [1.54, 1.807) is 12.0 Å². The lowest BCUT2D eigenvalue weighted by Gasteiger charge is -2.45. The third kappa shape index (κ3) is 4.73. The molecule has 1 aromatic carbocycles. The maximum atomic E-state index is 13.7. The molecule has 6 heteroatoms. The van der Waals surface area contributed by atoms with Gasteiger partial charge < -0.3 is 19.3 Å². The van der Waals surface area contributed by atoms with Gasteiger partial charge in [-0.3, -0.25) is 9.59 Å². The fourth-order valence-electron chi connectivity index (χ4n) is 4.61. The number of ether oxygens (including phenoxy) is 2. The second kappa shape index (κ2) is 10.2. The zero-order chi connectivity index (χ0) is 21.7.